The van der Waals surface area contributed by atoms with Gasteiger partial charge in [0.15, 0.2) is 0 Å². The van der Waals surface area contributed by atoms with Crippen molar-refractivity contribution in [2.24, 2.45) is 22.9 Å². The van der Waals surface area contributed by atoms with E-state index in [1.807, 2.05) is 18.2 Å². The Morgan fingerprint density at radius 3 is 2.67 bits per heavy atom. The maximum absolute atomic E-state index is 11.8. The number of nitrogens with two attached hydrogens (primary N) is 1. The number of hydrogen-bond acceptors (Lipinski definition) is 6. The number of sulfonamides is 1. The Hall–Kier alpha value is -2.59. The molecule has 8 nitrogen and oxygen atoms in total. The van der Waals surface area contributed by atoms with Crippen LogP contribution in [0.5, 0.6) is 5.75 Å². The molecule has 2 aliphatic rings. The summed E-state index contributed by atoms with van der Waals surface area (Å²) >= 11 is 6.25. The molecule has 1 aliphatic heterocycles. The van der Waals surface area contributed by atoms with Crippen LogP contribution in [0.15, 0.2) is 48.6 Å². The van der Waals surface area contributed by atoms with Crippen LogP contribution in [0.2, 0.25) is 5.02 Å². The number of carboxylic acids is 1. The number of rotatable bonds is 8. The molecule has 2 aromatic rings. The fraction of sp³-hybridized carbons (Fsp3) is 0.483. The number of ether oxygens (including phenoxy) is 1. The zero-order valence-electron chi connectivity index (χ0n) is 22.1. The molecule has 0 saturated heterocycles. The Morgan fingerprint density at radius 2 is 1.97 bits per heavy atom. The van der Waals surface area contributed by atoms with Gasteiger partial charge in [0.1, 0.15) is 12.4 Å². The van der Waals surface area contributed by atoms with Crippen molar-refractivity contribution in [3.05, 3.63) is 70.3 Å². The molecule has 39 heavy (non-hydrogen) atoms. The van der Waals surface area contributed by atoms with Gasteiger partial charge in [-0.05, 0) is 91.3 Å². The highest BCUT2D eigenvalue weighted by Gasteiger charge is 2.37. The van der Waals surface area contributed by atoms with E-state index in [1.165, 1.54) is 0 Å². The summed E-state index contributed by atoms with van der Waals surface area (Å²) in [6.07, 6.45) is 7.21. The number of primary sulfonamides is 1. The Morgan fingerprint density at radius 1 is 1.18 bits per heavy atom. The summed E-state index contributed by atoms with van der Waals surface area (Å²) in [4.78, 5) is 14.0. The summed E-state index contributed by atoms with van der Waals surface area (Å²) in [5, 5.41) is 26.4. The first kappa shape index (κ1) is 29.4. The van der Waals surface area contributed by atoms with Crippen LogP contribution in [0, 0.1) is 17.8 Å². The lowest BCUT2D eigenvalue weighted by atomic mass is 9.70. The molecule has 0 aromatic heterocycles. The maximum atomic E-state index is 11.8. The molecule has 1 aliphatic carbocycles. The summed E-state index contributed by atoms with van der Waals surface area (Å²) in [5.74, 6) is -0.618. The van der Waals surface area contributed by atoms with E-state index in [1.54, 1.807) is 37.3 Å². The van der Waals surface area contributed by atoms with Gasteiger partial charge in [-0.15, -0.1) is 0 Å². The van der Waals surface area contributed by atoms with Gasteiger partial charge >= 0.3 is 5.97 Å². The van der Waals surface area contributed by atoms with Crippen LogP contribution in [-0.2, 0) is 23.1 Å². The van der Waals surface area contributed by atoms with Crippen molar-refractivity contribution in [3.63, 3.8) is 0 Å². The average Bonchev–Trinajstić information content (AvgIpc) is 2.87. The molecule has 0 spiro atoms. The van der Waals surface area contributed by atoms with Gasteiger partial charge in [-0.25, -0.2) is 18.4 Å². The molecular weight excluding hydrogens is 540 g/mol. The van der Waals surface area contributed by atoms with Crippen LogP contribution in [0.1, 0.15) is 54.1 Å². The van der Waals surface area contributed by atoms with Gasteiger partial charge in [0.25, 0.3) is 0 Å². The lowest BCUT2D eigenvalue weighted by molar-refractivity contribution is 0.0460. The fourth-order valence-corrected chi connectivity index (χ4v) is 6.53. The number of nitrogens with zero attached hydrogens (tertiary/aromatic N) is 1. The summed E-state index contributed by atoms with van der Waals surface area (Å²) in [5.41, 5.74) is 3.16. The Labute approximate surface area is 235 Å². The van der Waals surface area contributed by atoms with Crippen LogP contribution in [0.25, 0.3) is 0 Å². The molecule has 2 aromatic carbocycles. The number of fused-ring (bicyclic) bond motifs is 2. The van der Waals surface area contributed by atoms with Crippen molar-refractivity contribution in [3.8, 4) is 5.75 Å². The van der Waals surface area contributed by atoms with Crippen molar-refractivity contribution < 1.29 is 28.2 Å². The van der Waals surface area contributed by atoms with E-state index in [2.05, 4.69) is 4.90 Å². The summed E-state index contributed by atoms with van der Waals surface area (Å²) in [6, 6.07) is 10.8. The topological polar surface area (TPSA) is 130 Å². The van der Waals surface area contributed by atoms with Crippen molar-refractivity contribution in [2.45, 2.75) is 51.7 Å². The normalized spacial score (nSPS) is 21.6. The number of aliphatic hydroxyl groups excluding tert-OH is 1. The van der Waals surface area contributed by atoms with Gasteiger partial charge in [0, 0.05) is 18.1 Å². The van der Waals surface area contributed by atoms with E-state index in [4.69, 9.17) is 21.5 Å². The molecule has 4 rings (SSSR count). The first-order chi connectivity index (χ1) is 18.5. The second kappa shape index (κ2) is 12.7. The molecule has 1 saturated carbocycles. The third kappa shape index (κ3) is 7.97. The Balaban J connectivity index is 1.54. The van der Waals surface area contributed by atoms with E-state index in [0.29, 0.717) is 23.9 Å². The smallest absolute Gasteiger partial charge is 0.335 e. The highest BCUT2D eigenvalue weighted by atomic mass is 35.5. The summed E-state index contributed by atoms with van der Waals surface area (Å²) < 4.78 is 29.0. The highest BCUT2D eigenvalue weighted by Crippen LogP contribution is 2.40. The van der Waals surface area contributed by atoms with E-state index in [-0.39, 0.29) is 29.1 Å². The largest absolute Gasteiger partial charge is 0.487 e. The van der Waals surface area contributed by atoms with Crippen LogP contribution in [-0.4, -0.2) is 49.5 Å². The van der Waals surface area contributed by atoms with E-state index < -0.39 is 22.1 Å². The Bertz CT molecular complexity index is 1310. The molecule has 10 heteroatoms. The van der Waals surface area contributed by atoms with Gasteiger partial charge < -0.3 is 19.8 Å². The zero-order valence-corrected chi connectivity index (χ0v) is 23.7. The number of carbonyl (C=O) groups is 1. The molecule has 1 heterocycles. The minimum atomic E-state index is -3.59. The molecule has 0 bridgehead atoms. The number of benzene rings is 2. The monoisotopic (exact) mass is 576 g/mol. The molecule has 4 N–H and O–H groups in total. The average molecular weight is 577 g/mol. The van der Waals surface area contributed by atoms with Crippen molar-refractivity contribution in [2.75, 3.05) is 23.7 Å². The SMILES string of the molecule is C[C@H](/C=C/[C@H](O)[C@@H]1CC[C@H]1CN1CCCCc2cc(Cl)ccc2COc2ccc(C(=O)O)cc21)CS(N)(=O)=O. The van der Waals surface area contributed by atoms with Crippen molar-refractivity contribution >= 4 is 33.3 Å². The number of aryl methyl sites for hydroxylation is 1. The van der Waals surface area contributed by atoms with Crippen LogP contribution < -0.4 is 14.8 Å². The quantitative estimate of drug-likeness (QED) is 0.391. The summed E-state index contributed by atoms with van der Waals surface area (Å²) in [7, 11) is -3.59. The molecule has 212 valence electrons. The number of aliphatic hydroxyl groups is 1. The lowest BCUT2D eigenvalue weighted by Crippen LogP contribution is -2.43. The number of carboxylic acid groups (broad SMARTS) is 1. The summed E-state index contributed by atoms with van der Waals surface area (Å²) in [6.45, 7) is 3.48. The van der Waals surface area contributed by atoms with Crippen LogP contribution in [0.3, 0.4) is 0 Å². The van der Waals surface area contributed by atoms with E-state index >= 15 is 0 Å². The standard InChI is InChI=1S/C29H37ClN2O6S/c1-19(18-39(31,36)37)5-11-27(33)25-10-7-22(25)16-32-13-3-2-4-20-14-24(30)9-6-23(20)17-38-28-12-8-21(29(34)35)15-26(28)32/h5-6,8-9,11-12,14-15,19,22,25,27,33H,2-4,7,10,13,16-18H2,1H3,(H,34,35)(H2,31,36,37)/b11-5+/t19-,22+,25-,27+/m1/s1. The van der Waals surface area contributed by atoms with Gasteiger partial charge in [-0.1, -0.05) is 36.7 Å². The predicted octanol–water partition coefficient (Wildman–Crippen LogP) is 4.63. The minimum Gasteiger partial charge on any atom is -0.487 e. The molecule has 0 amide bonds. The van der Waals surface area contributed by atoms with E-state index in [0.717, 1.165) is 55.5 Å². The molecule has 0 unspecified atom stereocenters. The van der Waals surface area contributed by atoms with Gasteiger partial charge in [-0.2, -0.15) is 0 Å². The van der Waals surface area contributed by atoms with Gasteiger partial charge in [-0.3, -0.25) is 0 Å². The third-order valence-corrected chi connectivity index (χ3v) is 8.95. The molecular formula is C29H37ClN2O6S. The van der Waals surface area contributed by atoms with E-state index in [9.17, 15) is 23.4 Å². The van der Waals surface area contributed by atoms with Crippen molar-refractivity contribution in [1.82, 2.24) is 0 Å². The number of hydrogen-bond donors (Lipinski definition) is 3. The molecule has 4 atom stereocenters. The second-order valence-electron chi connectivity index (χ2n) is 10.8. The van der Waals surface area contributed by atoms with Gasteiger partial charge in [0.2, 0.25) is 10.0 Å². The highest BCUT2D eigenvalue weighted by molar-refractivity contribution is 7.89. The number of allylic oxidation sites excluding steroid dienone is 1. The predicted molar refractivity (Wildman–Crippen MR) is 153 cm³/mol. The second-order valence-corrected chi connectivity index (χ2v) is 12.9. The van der Waals surface area contributed by atoms with Crippen LogP contribution in [0.4, 0.5) is 5.69 Å². The number of halogens is 1. The first-order valence-corrected chi connectivity index (χ1v) is 15.5. The van der Waals surface area contributed by atoms with Crippen LogP contribution >= 0.6 is 11.6 Å². The van der Waals surface area contributed by atoms with Crippen molar-refractivity contribution in [1.29, 1.82) is 0 Å². The molecule has 0 radical (unpaired) electrons. The molecule has 1 fully saturated rings. The third-order valence-electron chi connectivity index (χ3n) is 7.72. The fourth-order valence-electron chi connectivity index (χ4n) is 5.49. The van der Waals surface area contributed by atoms with Gasteiger partial charge in [0.05, 0.1) is 23.1 Å². The zero-order chi connectivity index (χ0) is 28.2. The number of anilines is 1. The lowest BCUT2D eigenvalue weighted by Gasteiger charge is -2.42. The Kier molecular flexibility index (Phi) is 9.59. The maximum Gasteiger partial charge on any atom is 0.335 e. The first-order valence-electron chi connectivity index (χ1n) is 13.4. The minimum absolute atomic E-state index is 0.0274. The number of aromatic carboxylic acids is 1.